The van der Waals surface area contributed by atoms with Gasteiger partial charge in [-0.2, -0.15) is 0 Å². The Labute approximate surface area is 92.1 Å². The minimum absolute atomic E-state index is 0.159. The van der Waals surface area contributed by atoms with Crippen molar-refractivity contribution in [3.63, 3.8) is 0 Å². The van der Waals surface area contributed by atoms with Crippen LogP contribution in [0.4, 0.5) is 0 Å². The summed E-state index contributed by atoms with van der Waals surface area (Å²) in [5.41, 5.74) is -0.416. The second-order valence-electron chi connectivity index (χ2n) is 4.60. The topological polar surface area (TPSA) is 46.5 Å². The maximum absolute atomic E-state index is 11.1. The van der Waals surface area contributed by atoms with E-state index >= 15 is 0 Å². The van der Waals surface area contributed by atoms with Crippen LogP contribution in [0, 0.1) is 11.3 Å². The standard InChI is InChI=1S/C12H22O3/c1-6-15-10(13)7-8-12(4,5)11(14)9(2)3/h7-9,11,14H,6H2,1-5H3/b8-7+. The van der Waals surface area contributed by atoms with Crippen molar-refractivity contribution in [3.8, 4) is 0 Å². The Morgan fingerprint density at radius 2 is 2.00 bits per heavy atom. The summed E-state index contributed by atoms with van der Waals surface area (Å²) in [6.07, 6.45) is 2.62. The van der Waals surface area contributed by atoms with Gasteiger partial charge in [0.2, 0.25) is 0 Å². The van der Waals surface area contributed by atoms with E-state index in [1.807, 2.05) is 27.7 Å². The lowest BCUT2D eigenvalue weighted by Gasteiger charge is -2.30. The summed E-state index contributed by atoms with van der Waals surface area (Å²) in [5.74, 6) is -0.201. The van der Waals surface area contributed by atoms with Crippen LogP contribution in [0.25, 0.3) is 0 Å². The van der Waals surface area contributed by atoms with Gasteiger partial charge in [0.15, 0.2) is 0 Å². The molecule has 0 bridgehead atoms. The van der Waals surface area contributed by atoms with Gasteiger partial charge in [-0.25, -0.2) is 4.79 Å². The number of rotatable bonds is 5. The first-order valence-electron chi connectivity index (χ1n) is 5.35. The molecule has 15 heavy (non-hydrogen) atoms. The molecule has 3 nitrogen and oxygen atoms in total. The molecule has 0 aliphatic heterocycles. The van der Waals surface area contributed by atoms with E-state index in [2.05, 4.69) is 0 Å². The van der Waals surface area contributed by atoms with Crippen LogP contribution in [-0.2, 0) is 9.53 Å². The highest BCUT2D eigenvalue weighted by Gasteiger charge is 2.27. The Kier molecular flexibility index (Phi) is 5.58. The second-order valence-corrected chi connectivity index (χ2v) is 4.60. The van der Waals surface area contributed by atoms with Crippen LogP contribution in [0.1, 0.15) is 34.6 Å². The minimum atomic E-state index is -0.469. The molecule has 0 rings (SSSR count). The van der Waals surface area contributed by atoms with Crippen LogP contribution in [0.3, 0.4) is 0 Å². The number of carbonyl (C=O) groups is 1. The molecular formula is C12H22O3. The summed E-state index contributed by atoms with van der Waals surface area (Å²) < 4.78 is 4.77. The fourth-order valence-electron chi connectivity index (χ4n) is 1.43. The van der Waals surface area contributed by atoms with Crippen LogP contribution in [0.5, 0.6) is 0 Å². The lowest BCUT2D eigenvalue weighted by Crippen LogP contribution is -2.32. The van der Waals surface area contributed by atoms with Gasteiger partial charge in [0.1, 0.15) is 0 Å². The van der Waals surface area contributed by atoms with Gasteiger partial charge in [-0.15, -0.1) is 0 Å². The van der Waals surface area contributed by atoms with Crippen LogP contribution < -0.4 is 0 Å². The van der Waals surface area contributed by atoms with Gasteiger partial charge in [-0.3, -0.25) is 0 Å². The molecule has 0 aromatic carbocycles. The van der Waals surface area contributed by atoms with Gasteiger partial charge in [0.05, 0.1) is 12.7 Å². The summed E-state index contributed by atoms with van der Waals surface area (Å²) in [5, 5.41) is 9.89. The molecule has 1 N–H and O–H groups in total. The van der Waals surface area contributed by atoms with E-state index < -0.39 is 11.5 Å². The molecule has 1 atom stereocenters. The normalized spacial score (nSPS) is 14.6. The predicted octanol–water partition coefficient (Wildman–Crippen LogP) is 2.15. The van der Waals surface area contributed by atoms with E-state index in [1.54, 1.807) is 13.0 Å². The molecular weight excluding hydrogens is 192 g/mol. The quantitative estimate of drug-likeness (QED) is 0.563. The zero-order chi connectivity index (χ0) is 12.1. The molecule has 88 valence electrons. The third kappa shape index (κ3) is 4.98. The lowest BCUT2D eigenvalue weighted by atomic mass is 9.80. The highest BCUT2D eigenvalue weighted by atomic mass is 16.5. The molecule has 0 saturated carbocycles. The molecule has 0 amide bonds. The molecule has 1 unspecified atom stereocenters. The molecule has 0 fully saturated rings. The number of hydrogen-bond acceptors (Lipinski definition) is 3. The number of aliphatic hydroxyl groups excluding tert-OH is 1. The largest absolute Gasteiger partial charge is 0.463 e. The Hall–Kier alpha value is -0.830. The predicted molar refractivity (Wildman–Crippen MR) is 60.4 cm³/mol. The lowest BCUT2D eigenvalue weighted by molar-refractivity contribution is -0.137. The zero-order valence-corrected chi connectivity index (χ0v) is 10.3. The average Bonchev–Trinajstić information content (AvgIpc) is 2.14. The van der Waals surface area contributed by atoms with E-state index in [0.717, 1.165) is 0 Å². The van der Waals surface area contributed by atoms with Crippen molar-refractivity contribution in [1.29, 1.82) is 0 Å². The fraction of sp³-hybridized carbons (Fsp3) is 0.750. The Bertz CT molecular complexity index is 229. The molecule has 0 aliphatic carbocycles. The van der Waals surface area contributed by atoms with Crippen LogP contribution >= 0.6 is 0 Å². The average molecular weight is 214 g/mol. The van der Waals surface area contributed by atoms with Crippen molar-refractivity contribution in [2.45, 2.75) is 40.7 Å². The molecule has 3 heteroatoms. The first-order chi connectivity index (χ1) is 6.81. The van der Waals surface area contributed by atoms with E-state index in [4.69, 9.17) is 4.74 Å². The van der Waals surface area contributed by atoms with E-state index in [0.29, 0.717) is 6.61 Å². The molecule has 0 saturated heterocycles. The van der Waals surface area contributed by atoms with Crippen molar-refractivity contribution in [2.75, 3.05) is 6.61 Å². The van der Waals surface area contributed by atoms with Crippen molar-refractivity contribution < 1.29 is 14.6 Å². The molecule has 0 heterocycles. The minimum Gasteiger partial charge on any atom is -0.463 e. The summed E-state index contributed by atoms with van der Waals surface area (Å²) in [6.45, 7) is 9.83. The van der Waals surface area contributed by atoms with Gasteiger partial charge in [-0.05, 0) is 12.8 Å². The van der Waals surface area contributed by atoms with E-state index in [-0.39, 0.29) is 11.9 Å². The molecule has 0 spiro atoms. The van der Waals surface area contributed by atoms with Gasteiger partial charge in [-0.1, -0.05) is 33.8 Å². The van der Waals surface area contributed by atoms with Crippen molar-refractivity contribution in [3.05, 3.63) is 12.2 Å². The SMILES string of the molecule is CCOC(=O)/C=C/C(C)(C)C(O)C(C)C. The number of ether oxygens (including phenoxy) is 1. The van der Waals surface area contributed by atoms with E-state index in [1.165, 1.54) is 6.08 Å². The van der Waals surface area contributed by atoms with Crippen molar-refractivity contribution in [2.24, 2.45) is 11.3 Å². The fourth-order valence-corrected chi connectivity index (χ4v) is 1.43. The van der Waals surface area contributed by atoms with Gasteiger partial charge in [0, 0.05) is 11.5 Å². The molecule has 0 aromatic rings. The number of hydrogen-bond donors (Lipinski definition) is 1. The Morgan fingerprint density at radius 1 is 1.47 bits per heavy atom. The van der Waals surface area contributed by atoms with Crippen molar-refractivity contribution >= 4 is 5.97 Å². The Morgan fingerprint density at radius 3 is 2.40 bits per heavy atom. The number of esters is 1. The summed E-state index contributed by atoms with van der Waals surface area (Å²) in [7, 11) is 0. The first-order valence-corrected chi connectivity index (χ1v) is 5.35. The van der Waals surface area contributed by atoms with Crippen LogP contribution in [0.2, 0.25) is 0 Å². The molecule has 0 aliphatic rings. The van der Waals surface area contributed by atoms with Crippen LogP contribution in [0.15, 0.2) is 12.2 Å². The highest BCUT2D eigenvalue weighted by molar-refractivity contribution is 5.82. The number of aliphatic hydroxyl groups is 1. The maximum atomic E-state index is 11.1. The van der Waals surface area contributed by atoms with Crippen LogP contribution in [-0.4, -0.2) is 23.8 Å². The third-order valence-corrected chi connectivity index (χ3v) is 2.33. The monoisotopic (exact) mass is 214 g/mol. The van der Waals surface area contributed by atoms with Gasteiger partial charge >= 0.3 is 5.97 Å². The third-order valence-electron chi connectivity index (χ3n) is 2.33. The van der Waals surface area contributed by atoms with Crippen molar-refractivity contribution in [1.82, 2.24) is 0 Å². The maximum Gasteiger partial charge on any atom is 0.330 e. The second kappa shape index (κ2) is 5.91. The number of carbonyl (C=O) groups excluding carboxylic acids is 1. The summed E-state index contributed by atoms with van der Waals surface area (Å²) in [6, 6.07) is 0. The summed E-state index contributed by atoms with van der Waals surface area (Å²) in [4.78, 5) is 11.1. The first kappa shape index (κ1) is 14.2. The molecule has 0 radical (unpaired) electrons. The van der Waals surface area contributed by atoms with Gasteiger partial charge < -0.3 is 9.84 Å². The summed E-state index contributed by atoms with van der Waals surface area (Å²) >= 11 is 0. The Balaban J connectivity index is 4.42. The highest BCUT2D eigenvalue weighted by Crippen LogP contribution is 2.27. The van der Waals surface area contributed by atoms with E-state index in [9.17, 15) is 9.90 Å². The van der Waals surface area contributed by atoms with Gasteiger partial charge in [0.25, 0.3) is 0 Å². The smallest absolute Gasteiger partial charge is 0.330 e. The zero-order valence-electron chi connectivity index (χ0n) is 10.3. The molecule has 0 aromatic heterocycles.